The van der Waals surface area contributed by atoms with Crippen LogP contribution in [0.25, 0.3) is 0 Å². The van der Waals surface area contributed by atoms with E-state index in [0.29, 0.717) is 5.56 Å². The van der Waals surface area contributed by atoms with Crippen LogP contribution in [0.3, 0.4) is 0 Å². The van der Waals surface area contributed by atoms with Crippen LogP contribution in [0.15, 0.2) is 23.1 Å². The number of rotatable bonds is 4. The highest BCUT2D eigenvalue weighted by atomic mass is 32.2. The Morgan fingerprint density at radius 2 is 1.70 bits per heavy atom. The second-order valence-electron chi connectivity index (χ2n) is 5.95. The third-order valence-corrected chi connectivity index (χ3v) is 5.24. The topological polar surface area (TPSA) is 106 Å². The summed E-state index contributed by atoms with van der Waals surface area (Å²) in [6.45, 7) is 7.00. The zero-order valence-electron chi connectivity index (χ0n) is 12.0. The van der Waals surface area contributed by atoms with E-state index in [-0.39, 0.29) is 16.3 Å². The van der Waals surface area contributed by atoms with E-state index >= 15 is 0 Å². The molecule has 0 unspecified atom stereocenters. The maximum Gasteiger partial charge on any atom is 0.238 e. The Bertz CT molecular complexity index is 701. The second-order valence-corrected chi connectivity index (χ2v) is 9.20. The Labute approximate surface area is 120 Å². The van der Waals surface area contributed by atoms with Gasteiger partial charge in [0.25, 0.3) is 0 Å². The van der Waals surface area contributed by atoms with Gasteiger partial charge in [-0.15, -0.1) is 0 Å². The van der Waals surface area contributed by atoms with Crippen LogP contribution in [-0.4, -0.2) is 22.6 Å². The summed E-state index contributed by atoms with van der Waals surface area (Å²) in [5, 5.41) is 5.09. The monoisotopic (exact) mass is 320 g/mol. The van der Waals surface area contributed by atoms with Crippen molar-refractivity contribution < 1.29 is 16.8 Å². The molecule has 0 aliphatic carbocycles. The highest BCUT2D eigenvalue weighted by Gasteiger charge is 2.22. The molecule has 0 aromatic heterocycles. The molecule has 0 bridgehead atoms. The van der Waals surface area contributed by atoms with Crippen molar-refractivity contribution in [2.75, 3.05) is 10.5 Å². The van der Waals surface area contributed by atoms with Gasteiger partial charge in [0, 0.05) is 5.69 Å². The summed E-state index contributed by atoms with van der Waals surface area (Å²) in [5.41, 5.74) is 0.245. The SMILES string of the molecule is Cc1ccc(NS(=O)(=O)CC(C)(C)C)cc1S(N)(=O)=O. The van der Waals surface area contributed by atoms with Crippen LogP contribution < -0.4 is 9.86 Å². The lowest BCUT2D eigenvalue weighted by Crippen LogP contribution is -2.26. The Morgan fingerprint density at radius 3 is 2.15 bits per heavy atom. The predicted molar refractivity (Wildman–Crippen MR) is 79.4 cm³/mol. The standard InChI is InChI=1S/C12H20N2O4S2/c1-9-5-6-10(7-11(9)20(13,17)18)14-19(15,16)8-12(2,3)4/h5-7,14H,8H2,1-4H3,(H2,13,17,18). The van der Waals surface area contributed by atoms with E-state index in [0.717, 1.165) is 0 Å². The van der Waals surface area contributed by atoms with Gasteiger partial charge in [0.15, 0.2) is 0 Å². The molecule has 0 radical (unpaired) electrons. The lowest BCUT2D eigenvalue weighted by Gasteiger charge is -2.19. The molecular weight excluding hydrogens is 300 g/mol. The summed E-state index contributed by atoms with van der Waals surface area (Å²) in [7, 11) is -7.43. The minimum Gasteiger partial charge on any atom is -0.283 e. The fourth-order valence-electron chi connectivity index (χ4n) is 1.76. The number of hydrogen-bond acceptors (Lipinski definition) is 4. The van der Waals surface area contributed by atoms with Crippen molar-refractivity contribution in [3.63, 3.8) is 0 Å². The van der Waals surface area contributed by atoms with Crippen LogP contribution >= 0.6 is 0 Å². The molecule has 114 valence electrons. The molecule has 6 nitrogen and oxygen atoms in total. The van der Waals surface area contributed by atoms with Gasteiger partial charge < -0.3 is 0 Å². The summed E-state index contributed by atoms with van der Waals surface area (Å²) in [5.74, 6) is -0.0708. The minimum absolute atomic E-state index is 0.0708. The van der Waals surface area contributed by atoms with E-state index in [1.54, 1.807) is 27.7 Å². The van der Waals surface area contributed by atoms with Crippen molar-refractivity contribution in [3.05, 3.63) is 23.8 Å². The van der Waals surface area contributed by atoms with Crippen molar-refractivity contribution in [3.8, 4) is 0 Å². The number of sulfonamides is 2. The van der Waals surface area contributed by atoms with Gasteiger partial charge in [-0.2, -0.15) is 0 Å². The fourth-order valence-corrected chi connectivity index (χ4v) is 4.26. The van der Waals surface area contributed by atoms with E-state index < -0.39 is 25.5 Å². The highest BCUT2D eigenvalue weighted by molar-refractivity contribution is 7.92. The Balaban J connectivity index is 3.13. The number of hydrogen-bond donors (Lipinski definition) is 2. The van der Waals surface area contributed by atoms with Crippen LogP contribution in [0, 0.1) is 12.3 Å². The summed E-state index contributed by atoms with van der Waals surface area (Å²) >= 11 is 0. The number of primary sulfonamides is 1. The van der Waals surface area contributed by atoms with E-state index in [1.165, 1.54) is 18.2 Å². The Morgan fingerprint density at radius 1 is 1.15 bits per heavy atom. The van der Waals surface area contributed by atoms with E-state index in [1.807, 2.05) is 0 Å². The molecule has 0 atom stereocenters. The number of anilines is 1. The normalized spacial score (nSPS) is 13.2. The van der Waals surface area contributed by atoms with Gasteiger partial charge in [-0.05, 0) is 30.0 Å². The van der Waals surface area contributed by atoms with Gasteiger partial charge in [-0.25, -0.2) is 22.0 Å². The van der Waals surface area contributed by atoms with Crippen molar-refractivity contribution in [1.82, 2.24) is 0 Å². The van der Waals surface area contributed by atoms with Gasteiger partial charge in [0.1, 0.15) is 0 Å². The zero-order chi connectivity index (χ0) is 15.8. The molecule has 1 rings (SSSR count). The van der Waals surface area contributed by atoms with Crippen LogP contribution in [-0.2, 0) is 20.0 Å². The first-order chi connectivity index (χ1) is 8.80. The van der Waals surface area contributed by atoms with Gasteiger partial charge in [0.05, 0.1) is 10.6 Å². The summed E-state index contributed by atoms with van der Waals surface area (Å²) in [6.07, 6.45) is 0. The molecule has 0 aliphatic heterocycles. The summed E-state index contributed by atoms with van der Waals surface area (Å²) < 4.78 is 49.1. The summed E-state index contributed by atoms with van der Waals surface area (Å²) in [4.78, 5) is -0.0894. The first-order valence-electron chi connectivity index (χ1n) is 5.94. The van der Waals surface area contributed by atoms with Crippen LogP contribution in [0.2, 0.25) is 0 Å². The highest BCUT2D eigenvalue weighted by Crippen LogP contribution is 2.22. The van der Waals surface area contributed by atoms with E-state index in [9.17, 15) is 16.8 Å². The molecule has 3 N–H and O–H groups in total. The lowest BCUT2D eigenvalue weighted by molar-refractivity contribution is 0.463. The quantitative estimate of drug-likeness (QED) is 0.875. The van der Waals surface area contributed by atoms with E-state index in [2.05, 4.69) is 4.72 Å². The van der Waals surface area contributed by atoms with Crippen molar-refractivity contribution >= 4 is 25.7 Å². The molecule has 1 aromatic rings. The summed E-state index contributed by atoms with van der Waals surface area (Å²) in [6, 6.07) is 4.24. The van der Waals surface area contributed by atoms with Gasteiger partial charge in [-0.3, -0.25) is 4.72 Å². The second kappa shape index (κ2) is 5.34. The molecule has 8 heteroatoms. The van der Waals surface area contributed by atoms with E-state index in [4.69, 9.17) is 5.14 Å². The first kappa shape index (κ1) is 16.9. The average molecular weight is 320 g/mol. The van der Waals surface area contributed by atoms with Gasteiger partial charge in [0.2, 0.25) is 20.0 Å². The van der Waals surface area contributed by atoms with Crippen molar-refractivity contribution in [2.45, 2.75) is 32.6 Å². The lowest BCUT2D eigenvalue weighted by atomic mass is 10.0. The maximum absolute atomic E-state index is 12.0. The number of nitrogens with two attached hydrogens (primary N) is 1. The number of benzene rings is 1. The fraction of sp³-hybridized carbons (Fsp3) is 0.500. The Kier molecular flexibility index (Phi) is 4.52. The van der Waals surface area contributed by atoms with Crippen molar-refractivity contribution in [1.29, 1.82) is 0 Å². The minimum atomic E-state index is -3.88. The number of aryl methyl sites for hydroxylation is 1. The third kappa shape index (κ3) is 5.10. The first-order valence-corrected chi connectivity index (χ1v) is 9.14. The van der Waals surface area contributed by atoms with Gasteiger partial charge in [-0.1, -0.05) is 26.8 Å². The molecule has 1 aromatic carbocycles. The molecular formula is C12H20N2O4S2. The maximum atomic E-state index is 12.0. The Hall–Kier alpha value is -1.12. The zero-order valence-corrected chi connectivity index (χ0v) is 13.6. The van der Waals surface area contributed by atoms with Crippen molar-refractivity contribution in [2.24, 2.45) is 10.6 Å². The molecule has 0 aliphatic rings. The molecule has 0 spiro atoms. The predicted octanol–water partition coefficient (Wildman–Crippen LogP) is 1.43. The van der Waals surface area contributed by atoms with Crippen LogP contribution in [0.1, 0.15) is 26.3 Å². The molecule has 0 saturated heterocycles. The molecule has 0 amide bonds. The average Bonchev–Trinajstić information content (AvgIpc) is 2.14. The molecule has 0 fully saturated rings. The van der Waals surface area contributed by atoms with Crippen LogP contribution in [0.4, 0.5) is 5.69 Å². The molecule has 20 heavy (non-hydrogen) atoms. The number of nitrogens with one attached hydrogen (secondary N) is 1. The van der Waals surface area contributed by atoms with Gasteiger partial charge >= 0.3 is 0 Å². The molecule has 0 saturated carbocycles. The smallest absolute Gasteiger partial charge is 0.238 e. The largest absolute Gasteiger partial charge is 0.283 e. The third-order valence-electron chi connectivity index (χ3n) is 2.39. The van der Waals surface area contributed by atoms with Crippen LogP contribution in [0.5, 0.6) is 0 Å². The molecule has 0 heterocycles.